The van der Waals surface area contributed by atoms with Crippen LogP contribution in [0.4, 0.5) is 11.4 Å². The van der Waals surface area contributed by atoms with Crippen LogP contribution in [0.15, 0.2) is 59.5 Å². The second kappa shape index (κ2) is 10.5. The van der Waals surface area contributed by atoms with Crippen molar-refractivity contribution in [3.63, 3.8) is 0 Å². The van der Waals surface area contributed by atoms with Gasteiger partial charge >= 0.3 is 0 Å². The van der Waals surface area contributed by atoms with Crippen molar-refractivity contribution in [3.05, 3.63) is 60.9 Å². The van der Waals surface area contributed by atoms with E-state index in [9.17, 15) is 0 Å². The number of anilines is 2. The van der Waals surface area contributed by atoms with Crippen LogP contribution in [0.1, 0.15) is 19.6 Å². The molecular formula is C25H30N2O5. The van der Waals surface area contributed by atoms with E-state index in [1.54, 1.807) is 45.6 Å². The number of hydrogen-bond donors (Lipinski definition) is 1. The number of furan rings is 1. The number of hydrogen-bond acceptors (Lipinski definition) is 7. The van der Waals surface area contributed by atoms with Gasteiger partial charge in [0.05, 0.1) is 27.0 Å². The summed E-state index contributed by atoms with van der Waals surface area (Å²) in [6, 6.07) is 15.0. The van der Waals surface area contributed by atoms with Gasteiger partial charge in [0, 0.05) is 43.0 Å². The van der Waals surface area contributed by atoms with E-state index < -0.39 is 0 Å². The summed E-state index contributed by atoms with van der Waals surface area (Å²) in [7, 11) is 4.74. The molecule has 2 aromatic carbocycles. The van der Waals surface area contributed by atoms with Crippen LogP contribution in [0.2, 0.25) is 0 Å². The average Bonchev–Trinajstić information content (AvgIpc) is 3.28. The zero-order chi connectivity index (χ0) is 23.1. The molecule has 0 saturated heterocycles. The molecule has 0 spiro atoms. The first-order chi connectivity index (χ1) is 15.5. The second-order valence-corrected chi connectivity index (χ2v) is 6.90. The van der Waals surface area contributed by atoms with Crippen molar-refractivity contribution in [2.24, 2.45) is 0 Å². The van der Waals surface area contributed by atoms with Crippen LogP contribution in [0.5, 0.6) is 28.9 Å². The summed E-state index contributed by atoms with van der Waals surface area (Å²) in [4.78, 5) is 2.25. The SMILES string of the molecule is C=C(Nc1c(OC)cc(OC)cc1OC)c1ccc(Oc2cccc(N(CC)CC)c2)o1. The van der Waals surface area contributed by atoms with Crippen LogP contribution in [0, 0.1) is 0 Å². The Kier molecular flexibility index (Phi) is 7.54. The third-order valence-electron chi connectivity index (χ3n) is 5.03. The first-order valence-corrected chi connectivity index (χ1v) is 10.4. The van der Waals surface area contributed by atoms with Crippen LogP contribution < -0.4 is 29.2 Å². The summed E-state index contributed by atoms with van der Waals surface area (Å²) in [5.74, 6) is 3.33. The molecule has 32 heavy (non-hydrogen) atoms. The lowest BCUT2D eigenvalue weighted by Gasteiger charge is -2.21. The fraction of sp³-hybridized carbons (Fsp3) is 0.280. The smallest absolute Gasteiger partial charge is 0.290 e. The summed E-state index contributed by atoms with van der Waals surface area (Å²) >= 11 is 0. The summed E-state index contributed by atoms with van der Waals surface area (Å²) in [5.41, 5.74) is 2.24. The lowest BCUT2D eigenvalue weighted by molar-refractivity contribution is 0.343. The quantitative estimate of drug-likeness (QED) is 0.392. The Bertz CT molecular complexity index is 1030. The van der Waals surface area contributed by atoms with Gasteiger partial charge in [0.2, 0.25) is 0 Å². The number of ether oxygens (including phenoxy) is 4. The number of methoxy groups -OCH3 is 3. The molecule has 0 radical (unpaired) electrons. The van der Waals surface area contributed by atoms with Crippen LogP contribution in [0.25, 0.3) is 5.70 Å². The van der Waals surface area contributed by atoms with Crippen molar-refractivity contribution >= 4 is 17.1 Å². The van der Waals surface area contributed by atoms with E-state index in [-0.39, 0.29) is 0 Å². The van der Waals surface area contributed by atoms with Crippen molar-refractivity contribution < 1.29 is 23.4 Å². The molecule has 7 nitrogen and oxygen atoms in total. The van der Waals surface area contributed by atoms with Gasteiger partial charge in [-0.3, -0.25) is 0 Å². The molecule has 0 fully saturated rings. The van der Waals surface area contributed by atoms with Gasteiger partial charge in [-0.2, -0.15) is 0 Å². The third kappa shape index (κ3) is 5.11. The molecule has 1 N–H and O–H groups in total. The van der Waals surface area contributed by atoms with Crippen molar-refractivity contribution in [1.82, 2.24) is 0 Å². The highest BCUT2D eigenvalue weighted by atomic mass is 16.6. The van der Waals surface area contributed by atoms with Crippen LogP contribution in [0.3, 0.4) is 0 Å². The lowest BCUT2D eigenvalue weighted by Crippen LogP contribution is -2.21. The molecule has 170 valence electrons. The standard InChI is InChI=1S/C25H30N2O5/c1-7-27(8-2)18-10-9-11-19(14-18)31-24-13-12-21(32-24)17(3)26-25-22(29-5)15-20(28-4)16-23(25)30-6/h9-16,26H,3,7-8H2,1-2,4-6H3. The second-order valence-electron chi connectivity index (χ2n) is 6.90. The molecule has 1 aromatic heterocycles. The van der Waals surface area contributed by atoms with Crippen LogP contribution >= 0.6 is 0 Å². The third-order valence-corrected chi connectivity index (χ3v) is 5.03. The summed E-state index contributed by atoms with van der Waals surface area (Å²) < 4.78 is 28.0. The van der Waals surface area contributed by atoms with E-state index in [0.717, 1.165) is 18.8 Å². The van der Waals surface area contributed by atoms with Gasteiger partial charge in [-0.15, -0.1) is 0 Å². The Balaban J connectivity index is 1.77. The molecule has 0 aliphatic heterocycles. The van der Waals surface area contributed by atoms with E-state index >= 15 is 0 Å². The molecule has 0 aliphatic carbocycles. The van der Waals surface area contributed by atoms with E-state index in [1.807, 2.05) is 18.2 Å². The number of benzene rings is 2. The van der Waals surface area contributed by atoms with Crippen LogP contribution in [-0.2, 0) is 0 Å². The molecule has 0 saturated carbocycles. The van der Waals surface area contributed by atoms with Crippen molar-refractivity contribution in [3.8, 4) is 28.9 Å². The normalized spacial score (nSPS) is 10.4. The zero-order valence-electron chi connectivity index (χ0n) is 19.2. The molecule has 0 amide bonds. The van der Waals surface area contributed by atoms with E-state index in [0.29, 0.717) is 46.1 Å². The fourth-order valence-corrected chi connectivity index (χ4v) is 3.33. The van der Waals surface area contributed by atoms with E-state index in [2.05, 4.69) is 36.7 Å². The number of nitrogens with one attached hydrogen (secondary N) is 1. The maximum Gasteiger partial charge on any atom is 0.290 e. The Morgan fingerprint density at radius 3 is 2.19 bits per heavy atom. The predicted octanol–water partition coefficient (Wildman–Crippen LogP) is 6.03. The Morgan fingerprint density at radius 1 is 0.906 bits per heavy atom. The van der Waals surface area contributed by atoms with Gasteiger partial charge in [0.15, 0.2) is 5.76 Å². The van der Waals surface area contributed by atoms with E-state index in [4.69, 9.17) is 23.4 Å². The first kappa shape index (κ1) is 22.9. The van der Waals surface area contributed by atoms with Crippen molar-refractivity contribution in [2.45, 2.75) is 13.8 Å². The van der Waals surface area contributed by atoms with Gasteiger partial charge in [0.25, 0.3) is 5.95 Å². The minimum absolute atomic E-state index is 0.369. The molecule has 0 bridgehead atoms. The van der Waals surface area contributed by atoms with Crippen molar-refractivity contribution in [1.29, 1.82) is 0 Å². The molecular weight excluding hydrogens is 408 g/mol. The topological polar surface area (TPSA) is 65.3 Å². The molecule has 1 heterocycles. The maximum atomic E-state index is 5.93. The molecule has 0 unspecified atom stereocenters. The molecule has 3 rings (SSSR count). The number of nitrogens with zero attached hydrogens (tertiary/aromatic N) is 1. The van der Waals surface area contributed by atoms with Gasteiger partial charge in [-0.25, -0.2) is 0 Å². The fourth-order valence-electron chi connectivity index (χ4n) is 3.33. The Morgan fingerprint density at radius 2 is 1.59 bits per heavy atom. The Hall–Kier alpha value is -3.74. The highest BCUT2D eigenvalue weighted by Crippen LogP contribution is 2.40. The first-order valence-electron chi connectivity index (χ1n) is 10.4. The molecule has 0 atom stereocenters. The lowest BCUT2D eigenvalue weighted by atomic mass is 10.2. The minimum atomic E-state index is 0.369. The van der Waals surface area contributed by atoms with Gasteiger partial charge < -0.3 is 33.6 Å². The summed E-state index contributed by atoms with van der Waals surface area (Å²) in [5, 5.41) is 3.21. The van der Waals surface area contributed by atoms with Crippen molar-refractivity contribution in [2.75, 3.05) is 44.6 Å². The summed E-state index contributed by atoms with van der Waals surface area (Å²) in [6.45, 7) is 10.2. The predicted molar refractivity (Wildman–Crippen MR) is 128 cm³/mol. The minimum Gasteiger partial charge on any atom is -0.496 e. The average molecular weight is 439 g/mol. The van der Waals surface area contributed by atoms with Crippen LogP contribution in [-0.4, -0.2) is 34.4 Å². The molecule has 0 aliphatic rings. The highest BCUT2D eigenvalue weighted by Gasteiger charge is 2.16. The number of rotatable bonds is 11. The van der Waals surface area contributed by atoms with Gasteiger partial charge in [-0.1, -0.05) is 12.6 Å². The maximum absolute atomic E-state index is 5.93. The van der Waals surface area contributed by atoms with E-state index in [1.165, 1.54) is 0 Å². The monoisotopic (exact) mass is 438 g/mol. The Labute approximate surface area is 189 Å². The van der Waals surface area contributed by atoms with Gasteiger partial charge in [0.1, 0.15) is 28.7 Å². The van der Waals surface area contributed by atoms with Gasteiger partial charge in [-0.05, 0) is 32.0 Å². The highest BCUT2D eigenvalue weighted by molar-refractivity contribution is 5.81. The molecule has 3 aromatic rings. The largest absolute Gasteiger partial charge is 0.496 e. The molecule has 7 heteroatoms. The zero-order valence-corrected chi connectivity index (χ0v) is 19.2. The summed E-state index contributed by atoms with van der Waals surface area (Å²) in [6.07, 6.45) is 0.